The average Bonchev–Trinajstić information content (AvgIpc) is 2.32. The molecule has 0 heterocycles. The third kappa shape index (κ3) is 4.47. The molecule has 0 fully saturated rings. The summed E-state index contributed by atoms with van der Waals surface area (Å²) in [5, 5.41) is 2.84. The second kappa shape index (κ2) is 7.60. The number of hydrogen-bond acceptors (Lipinski definition) is 4. The number of nitrogens with two attached hydrogens (primary N) is 1. The molecule has 0 aliphatic heterocycles. The second-order valence-corrected chi connectivity index (χ2v) is 4.14. The number of carbonyl (C=O) groups excluding carboxylic acids is 1. The molecule has 2 atom stereocenters. The Kier molecular flexibility index (Phi) is 7.29. The number of rotatable bonds is 8. The van der Waals surface area contributed by atoms with Gasteiger partial charge in [0, 0.05) is 27.3 Å². The van der Waals surface area contributed by atoms with E-state index in [9.17, 15) is 4.79 Å². The van der Waals surface area contributed by atoms with Gasteiger partial charge in [-0.2, -0.15) is 0 Å². The number of ether oxygens (including phenoxy) is 2. The van der Waals surface area contributed by atoms with Gasteiger partial charge >= 0.3 is 0 Å². The summed E-state index contributed by atoms with van der Waals surface area (Å²) >= 11 is 0. The first-order valence-electron chi connectivity index (χ1n) is 5.54. The topological polar surface area (TPSA) is 73.6 Å². The van der Waals surface area contributed by atoms with Crippen LogP contribution in [0.25, 0.3) is 0 Å². The van der Waals surface area contributed by atoms with Crippen molar-refractivity contribution in [3.63, 3.8) is 0 Å². The van der Waals surface area contributed by atoms with Crippen molar-refractivity contribution in [2.75, 3.05) is 33.9 Å². The van der Waals surface area contributed by atoms with Crippen molar-refractivity contribution < 1.29 is 14.3 Å². The van der Waals surface area contributed by atoms with E-state index in [4.69, 9.17) is 15.2 Å². The van der Waals surface area contributed by atoms with Gasteiger partial charge in [0.1, 0.15) is 0 Å². The zero-order valence-electron chi connectivity index (χ0n) is 10.7. The van der Waals surface area contributed by atoms with E-state index < -0.39 is 5.41 Å². The van der Waals surface area contributed by atoms with Gasteiger partial charge in [-0.3, -0.25) is 4.79 Å². The number of hydrogen-bond donors (Lipinski definition) is 2. The van der Waals surface area contributed by atoms with Crippen molar-refractivity contribution in [2.24, 2.45) is 11.1 Å². The number of methoxy groups -OCH3 is 2. The molecule has 0 aromatic rings. The quantitative estimate of drug-likeness (QED) is 0.624. The van der Waals surface area contributed by atoms with Crippen molar-refractivity contribution >= 4 is 5.91 Å². The van der Waals surface area contributed by atoms with Crippen LogP contribution in [0.2, 0.25) is 0 Å². The van der Waals surface area contributed by atoms with Crippen LogP contribution in [-0.4, -0.2) is 45.9 Å². The summed E-state index contributed by atoms with van der Waals surface area (Å²) in [6, 6.07) is 0. The minimum atomic E-state index is -0.495. The lowest BCUT2D eigenvalue weighted by atomic mass is 9.86. The second-order valence-electron chi connectivity index (χ2n) is 4.14. The molecule has 0 saturated heterocycles. The van der Waals surface area contributed by atoms with Crippen molar-refractivity contribution in [1.82, 2.24) is 5.32 Å². The van der Waals surface area contributed by atoms with Crippen molar-refractivity contribution in [3.05, 3.63) is 0 Å². The maximum Gasteiger partial charge on any atom is 0.227 e. The van der Waals surface area contributed by atoms with E-state index in [1.54, 1.807) is 14.2 Å². The van der Waals surface area contributed by atoms with E-state index in [2.05, 4.69) is 5.32 Å². The first kappa shape index (κ1) is 15.3. The first-order chi connectivity index (χ1) is 7.53. The molecule has 0 rings (SSSR count). The van der Waals surface area contributed by atoms with E-state index in [0.717, 1.165) is 6.42 Å². The van der Waals surface area contributed by atoms with Crippen LogP contribution < -0.4 is 11.1 Å². The molecule has 1 amide bonds. The summed E-state index contributed by atoms with van der Waals surface area (Å²) < 4.78 is 10.1. The van der Waals surface area contributed by atoms with Crippen molar-refractivity contribution in [1.29, 1.82) is 0 Å². The molecule has 16 heavy (non-hydrogen) atoms. The average molecular weight is 232 g/mol. The molecule has 2 unspecified atom stereocenters. The molecule has 0 saturated carbocycles. The minimum absolute atomic E-state index is 0.0318. The molecule has 5 nitrogen and oxygen atoms in total. The summed E-state index contributed by atoms with van der Waals surface area (Å²) in [7, 11) is 3.20. The molecule has 0 aromatic heterocycles. The molecular formula is C11H24N2O3. The zero-order chi connectivity index (χ0) is 12.6. The van der Waals surface area contributed by atoms with Crippen LogP contribution in [0, 0.1) is 5.41 Å². The van der Waals surface area contributed by atoms with E-state index in [0.29, 0.717) is 19.7 Å². The van der Waals surface area contributed by atoms with Crippen LogP contribution >= 0.6 is 0 Å². The molecule has 5 heteroatoms. The van der Waals surface area contributed by atoms with Crippen LogP contribution in [0.4, 0.5) is 0 Å². The number of nitrogens with one attached hydrogen (secondary N) is 1. The summed E-state index contributed by atoms with van der Waals surface area (Å²) in [5.41, 5.74) is 5.10. The molecule has 0 spiro atoms. The minimum Gasteiger partial charge on any atom is -0.382 e. The van der Waals surface area contributed by atoms with Gasteiger partial charge in [0.05, 0.1) is 18.1 Å². The molecule has 96 valence electrons. The lowest BCUT2D eigenvalue weighted by Gasteiger charge is -2.26. The largest absolute Gasteiger partial charge is 0.382 e. The van der Waals surface area contributed by atoms with Gasteiger partial charge in [-0.05, 0) is 13.3 Å². The lowest BCUT2D eigenvalue weighted by Crippen LogP contribution is -2.46. The molecule has 3 N–H and O–H groups in total. The Labute approximate surface area is 97.7 Å². The summed E-state index contributed by atoms with van der Waals surface area (Å²) in [5.74, 6) is -0.0318. The summed E-state index contributed by atoms with van der Waals surface area (Å²) in [6.07, 6.45) is 0.602. The fraction of sp³-hybridized carbons (Fsp3) is 0.909. The highest BCUT2D eigenvalue weighted by atomic mass is 16.5. The third-order valence-corrected chi connectivity index (χ3v) is 2.96. The maximum atomic E-state index is 11.9. The van der Waals surface area contributed by atoms with Crippen LogP contribution in [0.1, 0.15) is 20.3 Å². The van der Waals surface area contributed by atoms with Gasteiger partial charge in [-0.15, -0.1) is 0 Å². The van der Waals surface area contributed by atoms with Crippen molar-refractivity contribution in [2.45, 2.75) is 26.4 Å². The third-order valence-electron chi connectivity index (χ3n) is 2.96. The molecule has 0 aromatic carbocycles. The van der Waals surface area contributed by atoms with Crippen LogP contribution in [0.3, 0.4) is 0 Å². The van der Waals surface area contributed by atoms with Gasteiger partial charge in [-0.1, -0.05) is 6.92 Å². The van der Waals surface area contributed by atoms with Crippen LogP contribution in [0.15, 0.2) is 0 Å². The Morgan fingerprint density at radius 1 is 1.50 bits per heavy atom. The standard InChI is InChI=1S/C11H24N2O3/c1-5-11(2,8-12)10(14)13-6-9(16-4)7-15-3/h9H,5-8,12H2,1-4H3,(H,13,14). The summed E-state index contributed by atoms with van der Waals surface area (Å²) in [4.78, 5) is 11.9. The molecule has 0 aliphatic rings. The zero-order valence-corrected chi connectivity index (χ0v) is 10.7. The normalized spacial score (nSPS) is 16.6. The Hall–Kier alpha value is -0.650. The van der Waals surface area contributed by atoms with E-state index >= 15 is 0 Å². The fourth-order valence-corrected chi connectivity index (χ4v) is 1.21. The Bertz CT molecular complexity index is 205. The maximum absolute atomic E-state index is 11.9. The first-order valence-corrected chi connectivity index (χ1v) is 5.54. The smallest absolute Gasteiger partial charge is 0.227 e. The van der Waals surface area contributed by atoms with Gasteiger partial charge in [0.25, 0.3) is 0 Å². The Morgan fingerprint density at radius 3 is 2.50 bits per heavy atom. The predicted octanol–water partition coefficient (Wildman–Crippen LogP) is 0.139. The fourth-order valence-electron chi connectivity index (χ4n) is 1.21. The van der Waals surface area contributed by atoms with Gasteiger partial charge < -0.3 is 20.5 Å². The monoisotopic (exact) mass is 232 g/mol. The van der Waals surface area contributed by atoms with Gasteiger partial charge in [-0.25, -0.2) is 0 Å². The predicted molar refractivity (Wildman–Crippen MR) is 63.1 cm³/mol. The van der Waals surface area contributed by atoms with Crippen LogP contribution in [-0.2, 0) is 14.3 Å². The van der Waals surface area contributed by atoms with E-state index in [-0.39, 0.29) is 12.0 Å². The lowest BCUT2D eigenvalue weighted by molar-refractivity contribution is -0.130. The number of amides is 1. The van der Waals surface area contributed by atoms with E-state index in [1.165, 1.54) is 0 Å². The van der Waals surface area contributed by atoms with Crippen LogP contribution in [0.5, 0.6) is 0 Å². The summed E-state index contributed by atoms with van der Waals surface area (Å²) in [6.45, 7) is 5.06. The SMILES string of the molecule is CCC(C)(CN)C(=O)NCC(COC)OC. The van der Waals surface area contributed by atoms with E-state index in [1.807, 2.05) is 13.8 Å². The van der Waals surface area contributed by atoms with Gasteiger partial charge in [0.15, 0.2) is 0 Å². The molecule has 0 bridgehead atoms. The number of carbonyl (C=O) groups is 1. The molecule has 0 aliphatic carbocycles. The molecular weight excluding hydrogens is 208 g/mol. The Balaban J connectivity index is 4.13. The molecule has 0 radical (unpaired) electrons. The Morgan fingerprint density at radius 2 is 2.12 bits per heavy atom. The highest BCUT2D eigenvalue weighted by Crippen LogP contribution is 2.18. The highest BCUT2D eigenvalue weighted by Gasteiger charge is 2.29. The van der Waals surface area contributed by atoms with Crippen molar-refractivity contribution in [3.8, 4) is 0 Å². The highest BCUT2D eigenvalue weighted by molar-refractivity contribution is 5.82. The van der Waals surface area contributed by atoms with Gasteiger partial charge in [0.2, 0.25) is 5.91 Å².